The van der Waals surface area contributed by atoms with Gasteiger partial charge in [-0.1, -0.05) is 44.9 Å². The maximum Gasteiger partial charge on any atom is 0.223 e. The number of hydrogen-bond donors (Lipinski definition) is 2. The molecule has 0 amide bonds. The quantitative estimate of drug-likeness (QED) is 0.761. The molecule has 0 unspecified atom stereocenters. The van der Waals surface area contributed by atoms with Gasteiger partial charge in [0, 0.05) is 36.8 Å². The second kappa shape index (κ2) is 8.97. The third-order valence-corrected chi connectivity index (χ3v) is 5.57. The number of anilines is 1. The Hall–Kier alpha value is -1.91. The van der Waals surface area contributed by atoms with E-state index in [1.807, 2.05) is 19.3 Å². The summed E-state index contributed by atoms with van der Waals surface area (Å²) in [6, 6.07) is 2.43. The molecule has 0 atom stereocenters. The molecule has 0 aliphatic heterocycles. The molecule has 0 radical (unpaired) electrons. The first kappa shape index (κ1) is 17.9. The molecule has 136 valence electrons. The molecule has 3 rings (SSSR count). The fourth-order valence-corrected chi connectivity index (χ4v) is 4.15. The van der Waals surface area contributed by atoms with E-state index in [0.717, 1.165) is 29.3 Å². The van der Waals surface area contributed by atoms with Crippen molar-refractivity contribution >= 4 is 17.2 Å². The molecule has 1 heterocycles. The van der Waals surface area contributed by atoms with Gasteiger partial charge in [-0.3, -0.25) is 4.99 Å². The van der Waals surface area contributed by atoms with Gasteiger partial charge in [0.1, 0.15) is 0 Å². The predicted octanol–water partition coefficient (Wildman–Crippen LogP) is 4.17. The first-order chi connectivity index (χ1) is 12.3. The maximum atomic E-state index is 5.97. The van der Waals surface area contributed by atoms with Crippen LogP contribution in [0.2, 0.25) is 0 Å². The van der Waals surface area contributed by atoms with Crippen LogP contribution in [0.5, 0.6) is 0 Å². The highest BCUT2D eigenvalue weighted by atomic mass is 15.1. The summed E-state index contributed by atoms with van der Waals surface area (Å²) in [5.41, 5.74) is 8.85. The van der Waals surface area contributed by atoms with Crippen molar-refractivity contribution in [3.8, 4) is 0 Å². The number of rotatable bonds is 6. The molecular weight excluding hydrogens is 310 g/mol. The molecule has 1 aromatic rings. The summed E-state index contributed by atoms with van der Waals surface area (Å²) in [4.78, 5) is 13.7. The molecule has 1 aromatic heterocycles. The van der Waals surface area contributed by atoms with Gasteiger partial charge in [-0.15, -0.1) is 0 Å². The first-order valence-electron chi connectivity index (χ1n) is 9.78. The molecule has 2 saturated carbocycles. The summed E-state index contributed by atoms with van der Waals surface area (Å²) in [5.74, 6) is 1.44. The van der Waals surface area contributed by atoms with Crippen molar-refractivity contribution in [2.75, 3.05) is 12.4 Å². The predicted molar refractivity (Wildman–Crippen MR) is 105 cm³/mol. The molecule has 2 aliphatic rings. The second-order valence-electron chi connectivity index (χ2n) is 7.35. The lowest BCUT2D eigenvalue weighted by atomic mass is 9.95. The van der Waals surface area contributed by atoms with Crippen molar-refractivity contribution in [1.29, 1.82) is 0 Å². The van der Waals surface area contributed by atoms with Crippen LogP contribution in [0, 0.1) is 5.92 Å². The van der Waals surface area contributed by atoms with Crippen LogP contribution in [0.1, 0.15) is 69.9 Å². The molecule has 5 nitrogen and oxygen atoms in total. The standard InChI is InChI=1S/C20H31N5/c1-22-19(13-15-7-5-6-8-15)17(14-21)18-11-12-23-20(25-18)24-16-9-3-2-4-10-16/h11-12,14-16H,2-10,13,21H2,1H3,(H,23,24,25). The fourth-order valence-electron chi connectivity index (χ4n) is 4.15. The minimum Gasteiger partial charge on any atom is -0.404 e. The fraction of sp³-hybridized carbons (Fsp3) is 0.650. The largest absolute Gasteiger partial charge is 0.404 e. The van der Waals surface area contributed by atoms with Crippen LogP contribution in [0.25, 0.3) is 5.57 Å². The van der Waals surface area contributed by atoms with Crippen molar-refractivity contribution in [2.24, 2.45) is 16.6 Å². The van der Waals surface area contributed by atoms with Crippen molar-refractivity contribution in [3.63, 3.8) is 0 Å². The molecule has 0 aromatic carbocycles. The highest BCUT2D eigenvalue weighted by molar-refractivity contribution is 6.23. The van der Waals surface area contributed by atoms with Gasteiger partial charge in [-0.25, -0.2) is 9.97 Å². The van der Waals surface area contributed by atoms with Gasteiger partial charge in [0.05, 0.1) is 5.69 Å². The number of hydrogen-bond acceptors (Lipinski definition) is 5. The summed E-state index contributed by atoms with van der Waals surface area (Å²) in [6.07, 6.45) is 16.1. The monoisotopic (exact) mass is 341 g/mol. The number of nitrogens with zero attached hydrogens (tertiary/aromatic N) is 3. The third-order valence-electron chi connectivity index (χ3n) is 5.57. The van der Waals surface area contributed by atoms with Gasteiger partial charge < -0.3 is 11.1 Å². The summed E-state index contributed by atoms with van der Waals surface area (Å²) in [7, 11) is 1.86. The Balaban J connectivity index is 1.72. The molecule has 2 aliphatic carbocycles. The second-order valence-corrected chi connectivity index (χ2v) is 7.35. The average Bonchev–Trinajstić information content (AvgIpc) is 3.16. The number of allylic oxidation sites excluding steroid dienone is 1. The molecule has 2 fully saturated rings. The molecule has 3 N–H and O–H groups in total. The SMILES string of the molecule is CN=C(CC1CCCC1)C(=CN)c1ccnc(NC2CCCCC2)n1. The van der Waals surface area contributed by atoms with Gasteiger partial charge in [0.15, 0.2) is 0 Å². The first-order valence-corrected chi connectivity index (χ1v) is 9.78. The van der Waals surface area contributed by atoms with Crippen LogP contribution in [-0.4, -0.2) is 28.8 Å². The number of aromatic nitrogens is 2. The Labute approximate surface area is 151 Å². The zero-order valence-electron chi connectivity index (χ0n) is 15.4. The molecule has 5 heteroatoms. The van der Waals surface area contributed by atoms with Crippen LogP contribution >= 0.6 is 0 Å². The van der Waals surface area contributed by atoms with E-state index in [1.54, 1.807) is 6.20 Å². The van der Waals surface area contributed by atoms with Crippen molar-refractivity contribution in [1.82, 2.24) is 9.97 Å². The van der Waals surface area contributed by atoms with E-state index in [0.29, 0.717) is 12.0 Å². The highest BCUT2D eigenvalue weighted by Gasteiger charge is 2.21. The van der Waals surface area contributed by atoms with E-state index >= 15 is 0 Å². The lowest BCUT2D eigenvalue weighted by Crippen LogP contribution is -2.23. The third kappa shape index (κ3) is 4.80. The number of aliphatic imine (C=N–C) groups is 1. The van der Waals surface area contributed by atoms with Gasteiger partial charge >= 0.3 is 0 Å². The van der Waals surface area contributed by atoms with E-state index in [2.05, 4.69) is 15.3 Å². The van der Waals surface area contributed by atoms with Crippen molar-refractivity contribution in [3.05, 3.63) is 24.2 Å². The Kier molecular flexibility index (Phi) is 6.42. The van der Waals surface area contributed by atoms with Crippen molar-refractivity contribution < 1.29 is 0 Å². The Morgan fingerprint density at radius 3 is 2.60 bits per heavy atom. The van der Waals surface area contributed by atoms with Crippen LogP contribution in [0.3, 0.4) is 0 Å². The van der Waals surface area contributed by atoms with E-state index in [-0.39, 0.29) is 0 Å². The van der Waals surface area contributed by atoms with Gasteiger partial charge in [-0.2, -0.15) is 0 Å². The summed E-state index contributed by atoms with van der Waals surface area (Å²) >= 11 is 0. The lowest BCUT2D eigenvalue weighted by Gasteiger charge is -2.23. The molecule has 25 heavy (non-hydrogen) atoms. The minimum atomic E-state index is 0.493. The molecule has 0 saturated heterocycles. The van der Waals surface area contributed by atoms with Gasteiger partial charge in [-0.05, 0) is 31.2 Å². The molecule has 0 spiro atoms. The maximum absolute atomic E-state index is 5.97. The van der Waals surface area contributed by atoms with Crippen LogP contribution in [-0.2, 0) is 0 Å². The van der Waals surface area contributed by atoms with Gasteiger partial charge in [0.25, 0.3) is 0 Å². The minimum absolute atomic E-state index is 0.493. The Morgan fingerprint density at radius 2 is 1.92 bits per heavy atom. The van der Waals surface area contributed by atoms with Crippen LogP contribution < -0.4 is 11.1 Å². The van der Waals surface area contributed by atoms with Crippen LogP contribution in [0.15, 0.2) is 23.5 Å². The normalized spacial score (nSPS) is 20.8. The highest BCUT2D eigenvalue weighted by Crippen LogP contribution is 2.30. The van der Waals surface area contributed by atoms with E-state index < -0.39 is 0 Å². The average molecular weight is 342 g/mol. The summed E-state index contributed by atoms with van der Waals surface area (Å²) in [6.45, 7) is 0. The zero-order valence-corrected chi connectivity index (χ0v) is 15.4. The van der Waals surface area contributed by atoms with E-state index in [4.69, 9.17) is 10.7 Å². The Morgan fingerprint density at radius 1 is 1.20 bits per heavy atom. The van der Waals surface area contributed by atoms with Crippen LogP contribution in [0.4, 0.5) is 5.95 Å². The number of nitrogens with two attached hydrogens (primary N) is 1. The van der Waals surface area contributed by atoms with E-state index in [1.165, 1.54) is 57.8 Å². The van der Waals surface area contributed by atoms with E-state index in [9.17, 15) is 0 Å². The smallest absolute Gasteiger partial charge is 0.223 e. The molecular formula is C20H31N5. The molecule has 0 bridgehead atoms. The van der Waals surface area contributed by atoms with Crippen molar-refractivity contribution in [2.45, 2.75) is 70.3 Å². The lowest BCUT2D eigenvalue weighted by molar-refractivity contribution is 0.461. The van der Waals surface area contributed by atoms with Gasteiger partial charge in [0.2, 0.25) is 5.95 Å². The Bertz CT molecular complexity index is 610. The topological polar surface area (TPSA) is 76.2 Å². The number of nitrogens with one attached hydrogen (secondary N) is 1. The zero-order chi connectivity index (χ0) is 17.5. The summed E-state index contributed by atoms with van der Waals surface area (Å²) < 4.78 is 0. The summed E-state index contributed by atoms with van der Waals surface area (Å²) in [5, 5.41) is 3.50.